The van der Waals surface area contributed by atoms with Crippen LogP contribution in [0.1, 0.15) is 17.3 Å². The van der Waals surface area contributed by atoms with Gasteiger partial charge in [0.25, 0.3) is 0 Å². The van der Waals surface area contributed by atoms with Crippen LogP contribution in [0.3, 0.4) is 0 Å². The molecular weight excluding hydrogens is 254 g/mol. The number of benzene rings is 1. The normalized spacial score (nSPS) is 10.8. The van der Waals surface area contributed by atoms with E-state index >= 15 is 0 Å². The minimum Gasteiger partial charge on any atom is -0.338 e. The second-order valence-electron chi connectivity index (χ2n) is 4.48. The van der Waals surface area contributed by atoms with E-state index in [0.29, 0.717) is 18.3 Å². The number of nitrogens with one attached hydrogen (secondary N) is 1. The van der Waals surface area contributed by atoms with E-state index in [-0.39, 0.29) is 0 Å². The van der Waals surface area contributed by atoms with Crippen molar-refractivity contribution in [1.82, 2.24) is 25.0 Å². The molecule has 0 aliphatic carbocycles. The summed E-state index contributed by atoms with van der Waals surface area (Å²) < 4.78 is 7.01. The smallest absolute Gasteiger partial charge is 0.240 e. The number of imidazole rings is 1. The fourth-order valence-corrected chi connectivity index (χ4v) is 1.92. The predicted octanol–water partition coefficient (Wildman–Crippen LogP) is 1.85. The van der Waals surface area contributed by atoms with Crippen molar-refractivity contribution in [1.29, 1.82) is 0 Å². The Labute approximate surface area is 116 Å². The molecule has 6 nitrogen and oxygen atoms in total. The fourth-order valence-electron chi connectivity index (χ4n) is 1.92. The summed E-state index contributed by atoms with van der Waals surface area (Å²) in [5, 5.41) is 7.02. The molecule has 0 fully saturated rings. The van der Waals surface area contributed by atoms with Gasteiger partial charge in [-0.15, -0.1) is 0 Å². The zero-order chi connectivity index (χ0) is 13.8. The van der Waals surface area contributed by atoms with Crippen LogP contribution in [-0.2, 0) is 13.1 Å². The highest BCUT2D eigenvalue weighted by Gasteiger charge is 2.02. The molecule has 3 aromatic rings. The predicted molar refractivity (Wildman–Crippen MR) is 73.1 cm³/mol. The molecule has 0 radical (unpaired) electrons. The van der Waals surface area contributed by atoms with Crippen molar-refractivity contribution in [2.24, 2.45) is 0 Å². The van der Waals surface area contributed by atoms with Gasteiger partial charge in [-0.2, -0.15) is 4.98 Å². The Balaban J connectivity index is 1.56. The average molecular weight is 269 g/mol. The second kappa shape index (κ2) is 5.66. The second-order valence-corrected chi connectivity index (χ2v) is 4.48. The van der Waals surface area contributed by atoms with Crippen molar-refractivity contribution < 1.29 is 4.52 Å². The van der Waals surface area contributed by atoms with Gasteiger partial charge in [0.2, 0.25) is 5.89 Å². The summed E-state index contributed by atoms with van der Waals surface area (Å²) in [5.41, 5.74) is 2.30. The Morgan fingerprint density at radius 3 is 2.70 bits per heavy atom. The molecule has 6 heteroatoms. The van der Waals surface area contributed by atoms with Crippen molar-refractivity contribution in [3.8, 4) is 5.69 Å². The highest BCUT2D eigenvalue weighted by atomic mass is 16.5. The van der Waals surface area contributed by atoms with Gasteiger partial charge in [-0.05, 0) is 24.6 Å². The standard InChI is InChI=1S/C14H15N5O/c1-11-17-14(20-18-11)9-16-8-12-2-4-13(5-3-12)19-7-6-15-10-19/h2-7,10,16H,8-9H2,1H3. The quantitative estimate of drug-likeness (QED) is 0.765. The van der Waals surface area contributed by atoms with E-state index in [4.69, 9.17) is 4.52 Å². The Hall–Kier alpha value is -2.47. The molecule has 0 saturated heterocycles. The van der Waals surface area contributed by atoms with Crippen molar-refractivity contribution in [3.05, 3.63) is 60.3 Å². The van der Waals surface area contributed by atoms with Crippen LogP contribution in [0.15, 0.2) is 47.5 Å². The molecule has 20 heavy (non-hydrogen) atoms. The summed E-state index contributed by atoms with van der Waals surface area (Å²) >= 11 is 0. The first kappa shape index (κ1) is 12.6. The van der Waals surface area contributed by atoms with E-state index in [1.165, 1.54) is 5.56 Å². The molecule has 0 amide bonds. The molecule has 0 spiro atoms. The first-order valence-electron chi connectivity index (χ1n) is 6.38. The van der Waals surface area contributed by atoms with Crippen LogP contribution in [0.4, 0.5) is 0 Å². The summed E-state index contributed by atoms with van der Waals surface area (Å²) in [6.45, 7) is 3.14. The lowest BCUT2D eigenvalue weighted by Gasteiger charge is -2.05. The van der Waals surface area contributed by atoms with E-state index in [2.05, 4.69) is 44.7 Å². The Morgan fingerprint density at radius 1 is 1.20 bits per heavy atom. The molecule has 0 aliphatic rings. The van der Waals surface area contributed by atoms with Gasteiger partial charge in [-0.3, -0.25) is 0 Å². The first-order chi connectivity index (χ1) is 9.81. The van der Waals surface area contributed by atoms with Crippen LogP contribution in [-0.4, -0.2) is 19.7 Å². The molecule has 1 aromatic carbocycles. The molecule has 0 bridgehead atoms. The highest BCUT2D eigenvalue weighted by Crippen LogP contribution is 2.09. The SMILES string of the molecule is Cc1noc(CNCc2ccc(-n3ccnc3)cc2)n1. The lowest BCUT2D eigenvalue weighted by Crippen LogP contribution is -2.12. The number of hydrogen-bond donors (Lipinski definition) is 1. The van der Waals surface area contributed by atoms with E-state index in [0.717, 1.165) is 12.2 Å². The van der Waals surface area contributed by atoms with Gasteiger partial charge in [-0.1, -0.05) is 17.3 Å². The maximum absolute atomic E-state index is 5.04. The molecule has 3 rings (SSSR count). The summed E-state index contributed by atoms with van der Waals surface area (Å²) in [6, 6.07) is 8.30. The first-order valence-corrected chi connectivity index (χ1v) is 6.38. The van der Waals surface area contributed by atoms with E-state index in [1.54, 1.807) is 12.5 Å². The molecule has 1 N–H and O–H groups in total. The van der Waals surface area contributed by atoms with Crippen molar-refractivity contribution in [2.45, 2.75) is 20.0 Å². The summed E-state index contributed by atoms with van der Waals surface area (Å²) in [5.74, 6) is 1.27. The number of rotatable bonds is 5. The van der Waals surface area contributed by atoms with E-state index < -0.39 is 0 Å². The minimum absolute atomic E-state index is 0.574. The topological polar surface area (TPSA) is 68.8 Å². The van der Waals surface area contributed by atoms with Crippen molar-refractivity contribution in [3.63, 3.8) is 0 Å². The monoisotopic (exact) mass is 269 g/mol. The third kappa shape index (κ3) is 2.92. The molecule has 102 valence electrons. The van der Waals surface area contributed by atoms with Crippen LogP contribution >= 0.6 is 0 Å². The third-order valence-corrected chi connectivity index (χ3v) is 2.91. The van der Waals surface area contributed by atoms with Gasteiger partial charge in [0, 0.05) is 24.6 Å². The van der Waals surface area contributed by atoms with Crippen LogP contribution in [0, 0.1) is 6.92 Å². The lowest BCUT2D eigenvalue weighted by atomic mass is 10.2. The molecule has 0 saturated carbocycles. The van der Waals surface area contributed by atoms with Gasteiger partial charge in [0.05, 0.1) is 12.9 Å². The Morgan fingerprint density at radius 2 is 2.05 bits per heavy atom. The molecular formula is C14H15N5O. The third-order valence-electron chi connectivity index (χ3n) is 2.91. The van der Waals surface area contributed by atoms with Crippen molar-refractivity contribution >= 4 is 0 Å². The molecule has 0 atom stereocenters. The molecule has 0 unspecified atom stereocenters. The van der Waals surface area contributed by atoms with Crippen LogP contribution in [0.2, 0.25) is 0 Å². The van der Waals surface area contributed by atoms with E-state index in [1.807, 2.05) is 17.7 Å². The number of hydrogen-bond acceptors (Lipinski definition) is 5. The lowest BCUT2D eigenvalue weighted by molar-refractivity contribution is 0.364. The van der Waals surface area contributed by atoms with Gasteiger partial charge < -0.3 is 14.4 Å². The van der Waals surface area contributed by atoms with Crippen molar-refractivity contribution in [2.75, 3.05) is 0 Å². The van der Waals surface area contributed by atoms with Gasteiger partial charge >= 0.3 is 0 Å². The van der Waals surface area contributed by atoms with Crippen LogP contribution in [0.5, 0.6) is 0 Å². The largest absolute Gasteiger partial charge is 0.338 e. The summed E-state index contributed by atoms with van der Waals surface area (Å²) in [7, 11) is 0. The van der Waals surface area contributed by atoms with Gasteiger partial charge in [0.1, 0.15) is 0 Å². The average Bonchev–Trinajstić information content (AvgIpc) is 3.11. The summed E-state index contributed by atoms with van der Waals surface area (Å²) in [4.78, 5) is 8.17. The van der Waals surface area contributed by atoms with Crippen LogP contribution in [0.25, 0.3) is 5.69 Å². The fraction of sp³-hybridized carbons (Fsp3) is 0.214. The number of aromatic nitrogens is 4. The molecule has 0 aliphatic heterocycles. The van der Waals surface area contributed by atoms with Gasteiger partial charge in [0.15, 0.2) is 5.82 Å². The zero-order valence-electron chi connectivity index (χ0n) is 11.2. The Kier molecular flexibility index (Phi) is 3.56. The zero-order valence-corrected chi connectivity index (χ0v) is 11.2. The number of nitrogens with zero attached hydrogens (tertiary/aromatic N) is 4. The van der Waals surface area contributed by atoms with E-state index in [9.17, 15) is 0 Å². The highest BCUT2D eigenvalue weighted by molar-refractivity contribution is 5.34. The molecule has 2 aromatic heterocycles. The Bertz CT molecular complexity index is 657. The minimum atomic E-state index is 0.574. The van der Waals surface area contributed by atoms with Crippen LogP contribution < -0.4 is 5.32 Å². The number of aryl methyl sites for hydroxylation is 1. The maximum Gasteiger partial charge on any atom is 0.240 e. The maximum atomic E-state index is 5.04. The van der Waals surface area contributed by atoms with Gasteiger partial charge in [-0.25, -0.2) is 4.98 Å². The molecule has 2 heterocycles. The summed E-state index contributed by atoms with van der Waals surface area (Å²) in [6.07, 6.45) is 5.47.